The standard InChI is InChI=1S/C9H14N4/c1-4-8(13(2)3)12-9-10-6-5-7-11-9/h5-7H,4H2,1-3H3/b12-8-. The second-order valence-electron chi connectivity index (χ2n) is 2.82. The Balaban J connectivity index is 2.85. The van der Waals surface area contributed by atoms with E-state index in [-0.39, 0.29) is 0 Å². The van der Waals surface area contributed by atoms with Gasteiger partial charge in [-0.05, 0) is 6.07 Å². The van der Waals surface area contributed by atoms with Crippen LogP contribution in [-0.2, 0) is 0 Å². The molecule has 0 N–H and O–H groups in total. The smallest absolute Gasteiger partial charge is 0.250 e. The van der Waals surface area contributed by atoms with Crippen LogP contribution in [0, 0.1) is 0 Å². The highest BCUT2D eigenvalue weighted by molar-refractivity contribution is 5.83. The van der Waals surface area contributed by atoms with Gasteiger partial charge in [-0.1, -0.05) is 6.92 Å². The Morgan fingerprint density at radius 1 is 1.38 bits per heavy atom. The predicted molar refractivity (Wildman–Crippen MR) is 53.1 cm³/mol. The highest BCUT2D eigenvalue weighted by Gasteiger charge is 1.99. The Kier molecular flexibility index (Phi) is 3.37. The Morgan fingerprint density at radius 2 is 2.00 bits per heavy atom. The third kappa shape index (κ3) is 2.82. The lowest BCUT2D eigenvalue weighted by atomic mass is 10.4. The van der Waals surface area contributed by atoms with Gasteiger partial charge in [-0.2, -0.15) is 4.99 Å². The van der Waals surface area contributed by atoms with Crippen LogP contribution in [0.5, 0.6) is 0 Å². The highest BCUT2D eigenvalue weighted by Crippen LogP contribution is 2.03. The third-order valence-electron chi connectivity index (χ3n) is 1.61. The van der Waals surface area contributed by atoms with E-state index in [0.29, 0.717) is 5.95 Å². The topological polar surface area (TPSA) is 41.4 Å². The molecule has 4 heteroatoms. The molecule has 0 bridgehead atoms. The fraction of sp³-hybridized carbons (Fsp3) is 0.444. The van der Waals surface area contributed by atoms with E-state index in [1.807, 2.05) is 19.0 Å². The molecule has 0 fully saturated rings. The molecule has 1 aromatic heterocycles. The lowest BCUT2D eigenvalue weighted by Crippen LogP contribution is -2.20. The SMILES string of the molecule is CC/C(=N/c1ncccn1)N(C)C. The molecular weight excluding hydrogens is 164 g/mol. The number of rotatable bonds is 2. The molecule has 1 heterocycles. The first-order valence-corrected chi connectivity index (χ1v) is 4.26. The van der Waals surface area contributed by atoms with Gasteiger partial charge in [0.1, 0.15) is 5.84 Å². The Bertz CT molecular complexity index is 279. The van der Waals surface area contributed by atoms with Gasteiger partial charge in [0.05, 0.1) is 0 Å². The molecule has 0 aromatic carbocycles. The normalized spacial score (nSPS) is 11.5. The summed E-state index contributed by atoms with van der Waals surface area (Å²) in [5.74, 6) is 1.50. The van der Waals surface area contributed by atoms with Crippen LogP contribution in [-0.4, -0.2) is 34.8 Å². The Hall–Kier alpha value is -1.45. The van der Waals surface area contributed by atoms with Crippen molar-refractivity contribution in [1.29, 1.82) is 0 Å². The molecule has 0 spiro atoms. The summed E-state index contributed by atoms with van der Waals surface area (Å²) in [4.78, 5) is 14.3. The van der Waals surface area contributed by atoms with Crippen LogP contribution >= 0.6 is 0 Å². The fourth-order valence-corrected chi connectivity index (χ4v) is 0.960. The van der Waals surface area contributed by atoms with Crippen molar-refractivity contribution in [3.63, 3.8) is 0 Å². The van der Waals surface area contributed by atoms with Gasteiger partial charge in [0, 0.05) is 32.9 Å². The van der Waals surface area contributed by atoms with Crippen LogP contribution in [0.2, 0.25) is 0 Å². The summed E-state index contributed by atoms with van der Waals surface area (Å²) in [6.45, 7) is 2.06. The van der Waals surface area contributed by atoms with Gasteiger partial charge >= 0.3 is 0 Å². The van der Waals surface area contributed by atoms with Gasteiger partial charge in [-0.3, -0.25) is 0 Å². The lowest BCUT2D eigenvalue weighted by molar-refractivity contribution is 0.607. The largest absolute Gasteiger partial charge is 0.366 e. The van der Waals surface area contributed by atoms with E-state index in [0.717, 1.165) is 12.3 Å². The summed E-state index contributed by atoms with van der Waals surface area (Å²) in [6, 6.07) is 1.78. The molecule has 0 aliphatic carbocycles. The minimum Gasteiger partial charge on any atom is -0.366 e. The van der Waals surface area contributed by atoms with Crippen LogP contribution in [0.15, 0.2) is 23.5 Å². The van der Waals surface area contributed by atoms with Gasteiger partial charge in [0.2, 0.25) is 0 Å². The van der Waals surface area contributed by atoms with E-state index in [4.69, 9.17) is 0 Å². The molecule has 1 aromatic rings. The summed E-state index contributed by atoms with van der Waals surface area (Å²) in [5, 5.41) is 0. The molecule has 0 aliphatic heterocycles. The van der Waals surface area contributed by atoms with Gasteiger partial charge in [0.25, 0.3) is 5.95 Å². The number of hydrogen-bond acceptors (Lipinski definition) is 3. The van der Waals surface area contributed by atoms with E-state index < -0.39 is 0 Å². The Morgan fingerprint density at radius 3 is 2.46 bits per heavy atom. The molecule has 70 valence electrons. The molecule has 0 atom stereocenters. The van der Waals surface area contributed by atoms with Crippen LogP contribution in [0.4, 0.5) is 5.95 Å². The van der Waals surface area contributed by atoms with Crippen molar-refractivity contribution in [3.05, 3.63) is 18.5 Å². The molecule has 13 heavy (non-hydrogen) atoms. The second kappa shape index (κ2) is 4.54. The fourth-order valence-electron chi connectivity index (χ4n) is 0.960. The quantitative estimate of drug-likeness (QED) is 0.508. The molecule has 0 saturated heterocycles. The maximum atomic E-state index is 4.30. The predicted octanol–water partition coefficient (Wildman–Crippen LogP) is 1.48. The first kappa shape index (κ1) is 9.64. The third-order valence-corrected chi connectivity index (χ3v) is 1.61. The van der Waals surface area contributed by atoms with Gasteiger partial charge in [-0.25, -0.2) is 9.97 Å². The Labute approximate surface area is 78.4 Å². The summed E-state index contributed by atoms with van der Waals surface area (Å²) in [7, 11) is 3.93. The highest BCUT2D eigenvalue weighted by atomic mass is 15.2. The van der Waals surface area contributed by atoms with Crippen LogP contribution < -0.4 is 0 Å². The first-order valence-electron chi connectivity index (χ1n) is 4.26. The first-order chi connectivity index (χ1) is 6.24. The van der Waals surface area contributed by atoms with Crippen LogP contribution in [0.25, 0.3) is 0 Å². The molecule has 0 saturated carbocycles. The molecule has 0 unspecified atom stereocenters. The zero-order valence-corrected chi connectivity index (χ0v) is 8.23. The summed E-state index contributed by atoms with van der Waals surface area (Å²) >= 11 is 0. The maximum Gasteiger partial charge on any atom is 0.250 e. The lowest BCUT2D eigenvalue weighted by Gasteiger charge is -2.12. The zero-order valence-electron chi connectivity index (χ0n) is 8.23. The monoisotopic (exact) mass is 178 g/mol. The maximum absolute atomic E-state index is 4.30. The summed E-state index contributed by atoms with van der Waals surface area (Å²) in [5.41, 5.74) is 0. The summed E-state index contributed by atoms with van der Waals surface area (Å²) < 4.78 is 0. The van der Waals surface area contributed by atoms with Gasteiger partial charge in [0.15, 0.2) is 0 Å². The minimum atomic E-state index is 0.521. The van der Waals surface area contributed by atoms with Crippen molar-refractivity contribution in [2.24, 2.45) is 4.99 Å². The van der Waals surface area contributed by atoms with Crippen molar-refractivity contribution >= 4 is 11.8 Å². The molecule has 4 nitrogen and oxygen atoms in total. The molecule has 1 rings (SSSR count). The molecule has 0 radical (unpaired) electrons. The van der Waals surface area contributed by atoms with E-state index in [2.05, 4.69) is 21.9 Å². The van der Waals surface area contributed by atoms with E-state index in [1.165, 1.54) is 0 Å². The summed E-state index contributed by atoms with van der Waals surface area (Å²) in [6.07, 6.45) is 4.26. The molecule has 0 amide bonds. The number of nitrogens with zero attached hydrogens (tertiary/aromatic N) is 4. The number of hydrogen-bond donors (Lipinski definition) is 0. The minimum absolute atomic E-state index is 0.521. The van der Waals surface area contributed by atoms with E-state index in [9.17, 15) is 0 Å². The molecule has 0 aliphatic rings. The number of aliphatic imine (C=N–C) groups is 1. The van der Waals surface area contributed by atoms with Crippen molar-refractivity contribution in [1.82, 2.24) is 14.9 Å². The van der Waals surface area contributed by atoms with Gasteiger partial charge < -0.3 is 4.90 Å². The van der Waals surface area contributed by atoms with Crippen molar-refractivity contribution in [2.45, 2.75) is 13.3 Å². The van der Waals surface area contributed by atoms with Crippen molar-refractivity contribution in [2.75, 3.05) is 14.1 Å². The zero-order chi connectivity index (χ0) is 9.68. The van der Waals surface area contributed by atoms with Gasteiger partial charge in [-0.15, -0.1) is 0 Å². The average molecular weight is 178 g/mol. The number of aromatic nitrogens is 2. The van der Waals surface area contributed by atoms with Crippen molar-refractivity contribution in [3.8, 4) is 0 Å². The van der Waals surface area contributed by atoms with Crippen LogP contribution in [0.3, 0.4) is 0 Å². The number of amidine groups is 1. The molecular formula is C9H14N4. The van der Waals surface area contributed by atoms with Crippen molar-refractivity contribution < 1.29 is 0 Å². The van der Waals surface area contributed by atoms with E-state index in [1.54, 1.807) is 18.5 Å². The average Bonchev–Trinajstić information content (AvgIpc) is 2.15. The second-order valence-corrected chi connectivity index (χ2v) is 2.82. The van der Waals surface area contributed by atoms with Crippen LogP contribution in [0.1, 0.15) is 13.3 Å². The van der Waals surface area contributed by atoms with E-state index >= 15 is 0 Å².